The fourth-order valence-corrected chi connectivity index (χ4v) is 3.71. The highest BCUT2D eigenvalue weighted by atomic mass is 35.5. The van der Waals surface area contributed by atoms with Gasteiger partial charge in [-0.3, -0.25) is 4.79 Å². The van der Waals surface area contributed by atoms with Crippen molar-refractivity contribution < 1.29 is 9.53 Å². The SMILES string of the molecule is COc1ccc(CN(Cc2cc3cc(C)ccc3[nH]c2=O)C(=O)Nc2ccc(Cl)cc2)cc1. The van der Waals surface area contributed by atoms with Gasteiger partial charge in [0.25, 0.3) is 5.56 Å². The molecule has 1 heterocycles. The van der Waals surface area contributed by atoms with Crippen LogP contribution < -0.4 is 15.6 Å². The van der Waals surface area contributed by atoms with Gasteiger partial charge in [0.15, 0.2) is 0 Å². The zero-order valence-corrected chi connectivity index (χ0v) is 19.1. The standard InChI is InChI=1S/C26H24ClN3O3/c1-17-3-12-24-19(13-17)14-20(25(31)29-24)16-30(15-18-4-10-23(33-2)11-5-18)26(32)28-22-8-6-21(27)7-9-22/h3-14H,15-16H2,1-2H3,(H,28,32)(H,29,31). The highest BCUT2D eigenvalue weighted by Gasteiger charge is 2.17. The molecular formula is C26H24ClN3O3. The molecule has 33 heavy (non-hydrogen) atoms. The van der Waals surface area contributed by atoms with Crippen molar-refractivity contribution in [2.75, 3.05) is 12.4 Å². The molecule has 0 atom stereocenters. The summed E-state index contributed by atoms with van der Waals surface area (Å²) in [5, 5.41) is 4.40. The van der Waals surface area contributed by atoms with Crippen LogP contribution in [0.3, 0.4) is 0 Å². The predicted molar refractivity (Wildman–Crippen MR) is 132 cm³/mol. The fourth-order valence-electron chi connectivity index (χ4n) is 3.58. The molecule has 0 fully saturated rings. The molecule has 4 rings (SSSR count). The second kappa shape index (κ2) is 9.79. The first kappa shape index (κ1) is 22.4. The molecule has 0 saturated heterocycles. The van der Waals surface area contributed by atoms with Crippen LogP contribution in [0.2, 0.25) is 5.02 Å². The lowest BCUT2D eigenvalue weighted by atomic mass is 10.1. The lowest BCUT2D eigenvalue weighted by molar-refractivity contribution is 0.206. The van der Waals surface area contributed by atoms with Gasteiger partial charge in [-0.1, -0.05) is 35.4 Å². The number of aromatic nitrogens is 1. The molecule has 2 amide bonds. The molecule has 7 heteroatoms. The summed E-state index contributed by atoms with van der Waals surface area (Å²) in [6.45, 7) is 2.46. The fraction of sp³-hybridized carbons (Fsp3) is 0.154. The van der Waals surface area contributed by atoms with Gasteiger partial charge in [-0.2, -0.15) is 0 Å². The van der Waals surface area contributed by atoms with Crippen molar-refractivity contribution in [1.29, 1.82) is 0 Å². The zero-order valence-electron chi connectivity index (χ0n) is 18.4. The summed E-state index contributed by atoms with van der Waals surface area (Å²) >= 11 is 5.95. The predicted octanol–water partition coefficient (Wildman–Crippen LogP) is 5.73. The number of methoxy groups -OCH3 is 1. The Labute approximate surface area is 196 Å². The normalized spacial score (nSPS) is 10.8. The summed E-state index contributed by atoms with van der Waals surface area (Å²) < 4.78 is 5.22. The number of H-pyrrole nitrogens is 1. The summed E-state index contributed by atoms with van der Waals surface area (Å²) in [5.74, 6) is 0.734. The number of carbonyl (C=O) groups excluding carboxylic acids is 1. The number of rotatable bonds is 6. The third-order valence-electron chi connectivity index (χ3n) is 5.35. The average Bonchev–Trinajstić information content (AvgIpc) is 2.81. The lowest BCUT2D eigenvalue weighted by Crippen LogP contribution is -2.35. The van der Waals surface area contributed by atoms with E-state index in [1.54, 1.807) is 36.3 Å². The second-order valence-corrected chi connectivity index (χ2v) is 8.29. The van der Waals surface area contributed by atoms with E-state index >= 15 is 0 Å². The molecular weight excluding hydrogens is 438 g/mol. The highest BCUT2D eigenvalue weighted by Crippen LogP contribution is 2.19. The molecule has 6 nitrogen and oxygen atoms in total. The molecule has 4 aromatic rings. The molecule has 1 aromatic heterocycles. The molecule has 0 bridgehead atoms. The Morgan fingerprint density at radius 3 is 2.42 bits per heavy atom. The lowest BCUT2D eigenvalue weighted by Gasteiger charge is -2.23. The van der Waals surface area contributed by atoms with E-state index in [4.69, 9.17) is 16.3 Å². The van der Waals surface area contributed by atoms with Crippen LogP contribution in [0.5, 0.6) is 5.75 Å². The van der Waals surface area contributed by atoms with E-state index in [0.717, 1.165) is 27.8 Å². The average molecular weight is 462 g/mol. The summed E-state index contributed by atoms with van der Waals surface area (Å²) in [4.78, 5) is 30.5. The number of benzene rings is 3. The second-order valence-electron chi connectivity index (χ2n) is 7.86. The maximum Gasteiger partial charge on any atom is 0.322 e. The minimum Gasteiger partial charge on any atom is -0.497 e. The third kappa shape index (κ3) is 5.54. The summed E-state index contributed by atoms with van der Waals surface area (Å²) in [7, 11) is 1.61. The van der Waals surface area contributed by atoms with E-state index in [0.29, 0.717) is 22.8 Å². The largest absolute Gasteiger partial charge is 0.497 e. The van der Waals surface area contributed by atoms with Gasteiger partial charge in [0.2, 0.25) is 0 Å². The molecule has 168 valence electrons. The summed E-state index contributed by atoms with van der Waals surface area (Å²) in [5.41, 5.74) is 3.68. The molecule has 0 aliphatic heterocycles. The van der Waals surface area contributed by atoms with Gasteiger partial charge >= 0.3 is 6.03 Å². The van der Waals surface area contributed by atoms with Gasteiger partial charge in [-0.25, -0.2) is 4.79 Å². The zero-order chi connectivity index (χ0) is 23.4. The van der Waals surface area contributed by atoms with Crippen LogP contribution in [-0.2, 0) is 13.1 Å². The molecule has 0 saturated carbocycles. The maximum atomic E-state index is 13.2. The first-order chi connectivity index (χ1) is 15.9. The number of amides is 2. The number of carbonyl (C=O) groups is 1. The van der Waals surface area contributed by atoms with Crippen LogP contribution in [-0.4, -0.2) is 23.0 Å². The molecule has 2 N–H and O–H groups in total. The van der Waals surface area contributed by atoms with E-state index < -0.39 is 0 Å². The number of pyridine rings is 1. The Bertz CT molecular complexity index is 1330. The minimum absolute atomic E-state index is 0.144. The Balaban J connectivity index is 1.64. The van der Waals surface area contributed by atoms with Crippen molar-refractivity contribution in [3.8, 4) is 5.75 Å². The van der Waals surface area contributed by atoms with E-state index in [-0.39, 0.29) is 18.1 Å². The minimum atomic E-state index is -0.322. The maximum absolute atomic E-state index is 13.2. The highest BCUT2D eigenvalue weighted by molar-refractivity contribution is 6.30. The number of ether oxygens (including phenoxy) is 1. The van der Waals surface area contributed by atoms with Crippen molar-refractivity contribution in [3.63, 3.8) is 0 Å². The van der Waals surface area contributed by atoms with Crippen molar-refractivity contribution in [3.05, 3.63) is 105 Å². The van der Waals surface area contributed by atoms with E-state index in [1.807, 2.05) is 55.5 Å². The number of nitrogens with one attached hydrogen (secondary N) is 2. The first-order valence-electron chi connectivity index (χ1n) is 10.5. The van der Waals surface area contributed by atoms with Crippen LogP contribution in [0.15, 0.2) is 77.6 Å². The van der Waals surface area contributed by atoms with Crippen LogP contribution >= 0.6 is 11.6 Å². The Hall–Kier alpha value is -3.77. The van der Waals surface area contributed by atoms with Gasteiger partial charge in [0, 0.05) is 28.3 Å². The topological polar surface area (TPSA) is 74.4 Å². The van der Waals surface area contributed by atoms with Gasteiger partial charge in [-0.15, -0.1) is 0 Å². The number of nitrogens with zero attached hydrogens (tertiary/aromatic N) is 1. The Kier molecular flexibility index (Phi) is 6.66. The molecule has 0 aliphatic carbocycles. The number of aromatic amines is 1. The first-order valence-corrected chi connectivity index (χ1v) is 10.9. The van der Waals surface area contributed by atoms with Gasteiger partial charge in [0.05, 0.1) is 13.7 Å². The molecule has 0 unspecified atom stereocenters. The van der Waals surface area contributed by atoms with Crippen LogP contribution in [0.1, 0.15) is 16.7 Å². The Morgan fingerprint density at radius 2 is 1.73 bits per heavy atom. The molecule has 0 aliphatic rings. The number of halogens is 1. The van der Waals surface area contributed by atoms with Crippen LogP contribution in [0.25, 0.3) is 10.9 Å². The van der Waals surface area contributed by atoms with Gasteiger partial charge in [-0.05, 0) is 72.5 Å². The van der Waals surface area contributed by atoms with Crippen molar-refractivity contribution in [2.45, 2.75) is 20.0 Å². The van der Waals surface area contributed by atoms with Gasteiger partial charge < -0.3 is 19.9 Å². The van der Waals surface area contributed by atoms with Crippen LogP contribution in [0, 0.1) is 6.92 Å². The smallest absolute Gasteiger partial charge is 0.322 e. The number of hydrogen-bond donors (Lipinski definition) is 2. The third-order valence-corrected chi connectivity index (χ3v) is 5.61. The summed E-state index contributed by atoms with van der Waals surface area (Å²) in [6, 6.07) is 21.7. The van der Waals surface area contributed by atoms with E-state index in [1.165, 1.54) is 0 Å². The number of fused-ring (bicyclic) bond motifs is 1. The summed E-state index contributed by atoms with van der Waals surface area (Å²) in [6.07, 6.45) is 0. The van der Waals surface area contributed by atoms with Crippen molar-refractivity contribution >= 4 is 34.2 Å². The quantitative estimate of drug-likeness (QED) is 0.385. The van der Waals surface area contributed by atoms with Crippen molar-refractivity contribution in [1.82, 2.24) is 9.88 Å². The van der Waals surface area contributed by atoms with Crippen LogP contribution in [0.4, 0.5) is 10.5 Å². The number of hydrogen-bond acceptors (Lipinski definition) is 3. The van der Waals surface area contributed by atoms with Crippen molar-refractivity contribution in [2.24, 2.45) is 0 Å². The number of aryl methyl sites for hydroxylation is 1. The van der Waals surface area contributed by atoms with E-state index in [2.05, 4.69) is 10.3 Å². The monoisotopic (exact) mass is 461 g/mol. The van der Waals surface area contributed by atoms with E-state index in [9.17, 15) is 9.59 Å². The number of anilines is 1. The van der Waals surface area contributed by atoms with Gasteiger partial charge in [0.1, 0.15) is 5.75 Å². The Morgan fingerprint density at radius 1 is 1.00 bits per heavy atom. The number of urea groups is 1. The molecule has 0 radical (unpaired) electrons. The molecule has 3 aromatic carbocycles. The molecule has 0 spiro atoms.